The number of thioether (sulfide) groups is 1. The maximum absolute atomic E-state index is 11.5. The molecule has 2 heterocycles. The van der Waals surface area contributed by atoms with Gasteiger partial charge in [-0.15, -0.1) is 10.2 Å². The van der Waals surface area contributed by atoms with Crippen LogP contribution in [0, 0.1) is 0 Å². The zero-order valence-corrected chi connectivity index (χ0v) is 14.9. The number of aromatic nitrogens is 4. The molecular formula is C19H17N5OS. The number of aromatic amines is 1. The summed E-state index contributed by atoms with van der Waals surface area (Å²) in [5.41, 5.74) is 8.34. The second kappa shape index (κ2) is 6.68. The van der Waals surface area contributed by atoms with Crippen LogP contribution in [0.4, 0.5) is 0 Å². The topological polar surface area (TPSA) is 89.6 Å². The van der Waals surface area contributed by atoms with Gasteiger partial charge in [0, 0.05) is 28.4 Å². The van der Waals surface area contributed by atoms with Crippen LogP contribution < -0.4 is 5.73 Å². The fourth-order valence-electron chi connectivity index (χ4n) is 2.80. The second-order valence-electron chi connectivity index (χ2n) is 5.89. The summed E-state index contributed by atoms with van der Waals surface area (Å²) in [5.74, 6) is 0.332. The fourth-order valence-corrected chi connectivity index (χ4v) is 3.62. The van der Waals surface area contributed by atoms with Crippen molar-refractivity contribution < 1.29 is 4.79 Å². The molecule has 2 aromatic carbocycles. The molecule has 0 fully saturated rings. The van der Waals surface area contributed by atoms with Crippen molar-refractivity contribution in [2.75, 3.05) is 0 Å². The highest BCUT2D eigenvalue weighted by Crippen LogP contribution is 2.33. The zero-order valence-electron chi connectivity index (χ0n) is 14.1. The molecule has 7 heteroatoms. The Kier molecular flexibility index (Phi) is 4.22. The molecule has 0 radical (unpaired) electrons. The van der Waals surface area contributed by atoms with E-state index in [2.05, 4.69) is 15.2 Å². The second-order valence-corrected chi connectivity index (χ2v) is 7.20. The first-order valence-electron chi connectivity index (χ1n) is 8.18. The lowest BCUT2D eigenvalue weighted by molar-refractivity contribution is -0.117. The summed E-state index contributed by atoms with van der Waals surface area (Å²) in [7, 11) is 0. The lowest BCUT2D eigenvalue weighted by Gasteiger charge is -2.11. The minimum Gasteiger partial charge on any atom is -0.369 e. The molecule has 6 nitrogen and oxygen atoms in total. The van der Waals surface area contributed by atoms with Gasteiger partial charge >= 0.3 is 0 Å². The number of nitrogens with one attached hydrogen (secondary N) is 1. The van der Waals surface area contributed by atoms with Gasteiger partial charge in [0.05, 0.1) is 5.25 Å². The number of primary amides is 1. The van der Waals surface area contributed by atoms with Crippen molar-refractivity contribution in [3.05, 3.63) is 60.8 Å². The molecule has 130 valence electrons. The standard InChI is InChI=1S/C19H17N5OS/c1-12(17(20)25)26-19-23-22-18(24(19)13-7-3-2-4-8-13)15-11-21-16-10-6-5-9-14(15)16/h2-12,21H,1H3,(H2,20,25). The Morgan fingerprint density at radius 3 is 2.62 bits per heavy atom. The average molecular weight is 363 g/mol. The van der Waals surface area contributed by atoms with Gasteiger partial charge in [-0.25, -0.2) is 0 Å². The third kappa shape index (κ3) is 2.86. The molecule has 1 atom stereocenters. The van der Waals surface area contributed by atoms with Crippen molar-refractivity contribution in [1.29, 1.82) is 0 Å². The quantitative estimate of drug-likeness (QED) is 0.532. The van der Waals surface area contributed by atoms with Gasteiger partial charge in [-0.05, 0) is 25.1 Å². The molecule has 1 amide bonds. The van der Waals surface area contributed by atoms with Gasteiger partial charge in [0.1, 0.15) is 0 Å². The fraction of sp³-hybridized carbons (Fsp3) is 0.105. The van der Waals surface area contributed by atoms with Gasteiger partial charge < -0.3 is 10.7 Å². The van der Waals surface area contributed by atoms with Crippen LogP contribution >= 0.6 is 11.8 Å². The number of nitrogens with two attached hydrogens (primary N) is 1. The van der Waals surface area contributed by atoms with Crippen LogP contribution in [-0.2, 0) is 4.79 Å². The Balaban J connectivity index is 1.90. The molecule has 0 saturated carbocycles. The molecule has 4 rings (SSSR count). The summed E-state index contributed by atoms with van der Waals surface area (Å²) in [4.78, 5) is 14.8. The lowest BCUT2D eigenvalue weighted by atomic mass is 10.1. The molecule has 0 saturated heterocycles. The van der Waals surface area contributed by atoms with Crippen LogP contribution in [0.2, 0.25) is 0 Å². The first-order chi connectivity index (χ1) is 12.6. The lowest BCUT2D eigenvalue weighted by Crippen LogP contribution is -2.23. The van der Waals surface area contributed by atoms with E-state index in [-0.39, 0.29) is 5.91 Å². The maximum Gasteiger partial charge on any atom is 0.230 e. The van der Waals surface area contributed by atoms with Gasteiger partial charge in [-0.1, -0.05) is 48.2 Å². The SMILES string of the molecule is CC(Sc1nnc(-c2c[nH]c3ccccc23)n1-c1ccccc1)C(N)=O. The number of nitrogens with zero attached hydrogens (tertiary/aromatic N) is 3. The normalized spacial score (nSPS) is 12.3. The monoisotopic (exact) mass is 363 g/mol. The first-order valence-corrected chi connectivity index (χ1v) is 9.06. The zero-order chi connectivity index (χ0) is 18.1. The smallest absolute Gasteiger partial charge is 0.230 e. The van der Waals surface area contributed by atoms with Gasteiger partial charge in [0.25, 0.3) is 0 Å². The first kappa shape index (κ1) is 16.4. The van der Waals surface area contributed by atoms with E-state index in [0.717, 1.165) is 22.2 Å². The summed E-state index contributed by atoms with van der Waals surface area (Å²) in [5, 5.41) is 10.0. The van der Waals surface area contributed by atoms with Crippen LogP contribution in [-0.4, -0.2) is 30.9 Å². The molecule has 0 aliphatic carbocycles. The van der Waals surface area contributed by atoms with Crippen molar-refractivity contribution in [3.8, 4) is 17.1 Å². The van der Waals surface area contributed by atoms with E-state index < -0.39 is 5.25 Å². The molecule has 4 aromatic rings. The van der Waals surface area contributed by atoms with Crippen molar-refractivity contribution in [1.82, 2.24) is 19.7 Å². The highest BCUT2D eigenvalue weighted by Gasteiger charge is 2.21. The van der Waals surface area contributed by atoms with E-state index in [9.17, 15) is 4.79 Å². The minimum absolute atomic E-state index is 0.383. The van der Waals surface area contributed by atoms with E-state index in [1.807, 2.05) is 65.4 Å². The highest BCUT2D eigenvalue weighted by molar-refractivity contribution is 8.00. The number of hydrogen-bond donors (Lipinski definition) is 2. The number of carbonyl (C=O) groups excluding carboxylic acids is 1. The molecule has 1 unspecified atom stereocenters. The average Bonchev–Trinajstić information content (AvgIpc) is 3.26. The van der Waals surface area contributed by atoms with Crippen LogP contribution in [0.5, 0.6) is 0 Å². The van der Waals surface area contributed by atoms with E-state index in [1.165, 1.54) is 11.8 Å². The Labute approximate surface area is 154 Å². The largest absolute Gasteiger partial charge is 0.369 e. The van der Waals surface area contributed by atoms with Gasteiger partial charge in [-0.3, -0.25) is 9.36 Å². The van der Waals surface area contributed by atoms with Crippen molar-refractivity contribution in [2.24, 2.45) is 5.73 Å². The van der Waals surface area contributed by atoms with Gasteiger partial charge in [-0.2, -0.15) is 0 Å². The van der Waals surface area contributed by atoms with E-state index in [0.29, 0.717) is 11.0 Å². The van der Waals surface area contributed by atoms with Crippen LogP contribution in [0.3, 0.4) is 0 Å². The van der Waals surface area contributed by atoms with Crippen LogP contribution in [0.25, 0.3) is 28.0 Å². The summed E-state index contributed by atoms with van der Waals surface area (Å²) < 4.78 is 1.96. The third-order valence-corrected chi connectivity index (χ3v) is 5.22. The summed E-state index contributed by atoms with van der Waals surface area (Å²) in [6, 6.07) is 17.9. The predicted octanol–water partition coefficient (Wildman–Crippen LogP) is 3.38. The Hall–Kier alpha value is -3.06. The van der Waals surface area contributed by atoms with Gasteiger partial charge in [0.15, 0.2) is 11.0 Å². The molecule has 0 aliphatic heterocycles. The number of amides is 1. The van der Waals surface area contributed by atoms with Crippen molar-refractivity contribution in [2.45, 2.75) is 17.3 Å². The molecule has 26 heavy (non-hydrogen) atoms. The molecule has 0 spiro atoms. The number of para-hydroxylation sites is 2. The molecular weight excluding hydrogens is 346 g/mol. The maximum atomic E-state index is 11.5. The number of fused-ring (bicyclic) bond motifs is 1. The number of carbonyl (C=O) groups is 1. The van der Waals surface area contributed by atoms with Crippen molar-refractivity contribution in [3.63, 3.8) is 0 Å². The summed E-state index contributed by atoms with van der Waals surface area (Å²) in [6.07, 6.45) is 1.93. The van der Waals surface area contributed by atoms with E-state index in [4.69, 9.17) is 5.73 Å². The molecule has 2 aromatic heterocycles. The number of hydrogen-bond acceptors (Lipinski definition) is 4. The molecule has 0 bridgehead atoms. The van der Waals surface area contributed by atoms with Crippen LogP contribution in [0.15, 0.2) is 66.0 Å². The van der Waals surface area contributed by atoms with Gasteiger partial charge in [0.2, 0.25) is 5.91 Å². The molecule has 3 N–H and O–H groups in total. The summed E-state index contributed by atoms with van der Waals surface area (Å²) >= 11 is 1.30. The Bertz CT molecular complexity index is 1070. The molecule has 0 aliphatic rings. The highest BCUT2D eigenvalue weighted by atomic mass is 32.2. The summed E-state index contributed by atoms with van der Waals surface area (Å²) in [6.45, 7) is 1.77. The minimum atomic E-state index is -0.405. The number of H-pyrrole nitrogens is 1. The van der Waals surface area contributed by atoms with Crippen LogP contribution in [0.1, 0.15) is 6.92 Å². The number of rotatable bonds is 5. The van der Waals surface area contributed by atoms with E-state index in [1.54, 1.807) is 6.92 Å². The Morgan fingerprint density at radius 2 is 1.85 bits per heavy atom. The number of benzene rings is 2. The third-order valence-electron chi connectivity index (χ3n) is 4.16. The Morgan fingerprint density at radius 1 is 1.12 bits per heavy atom. The van der Waals surface area contributed by atoms with E-state index >= 15 is 0 Å². The predicted molar refractivity (Wildman–Crippen MR) is 103 cm³/mol. The van der Waals surface area contributed by atoms with Crippen molar-refractivity contribution >= 4 is 28.6 Å².